The van der Waals surface area contributed by atoms with Crippen molar-refractivity contribution < 1.29 is 9.53 Å². The first-order chi connectivity index (χ1) is 13.5. The van der Waals surface area contributed by atoms with Crippen LogP contribution in [-0.4, -0.2) is 17.5 Å². The molecule has 2 aromatic carbocycles. The number of carbonyl (C=O) groups excluding carboxylic acids is 1. The molecule has 6 heteroatoms. The molecule has 0 radical (unpaired) electrons. The third kappa shape index (κ3) is 4.70. The highest BCUT2D eigenvalue weighted by molar-refractivity contribution is 7.17. The Morgan fingerprint density at radius 1 is 1.14 bits per heavy atom. The van der Waals surface area contributed by atoms with Gasteiger partial charge in [0.2, 0.25) is 0 Å². The van der Waals surface area contributed by atoms with Crippen LogP contribution in [0.15, 0.2) is 42.5 Å². The van der Waals surface area contributed by atoms with Crippen molar-refractivity contribution in [1.82, 2.24) is 10.3 Å². The molecule has 0 bridgehead atoms. The maximum atomic E-state index is 12.7. The number of thiazole rings is 1. The third-order valence-corrected chi connectivity index (χ3v) is 5.41. The first-order valence-corrected chi connectivity index (χ1v) is 10.1. The normalized spacial score (nSPS) is 10.6. The fraction of sp³-hybridized carbons (Fsp3) is 0.273. The predicted octanol–water partition coefficient (Wildman–Crippen LogP) is 5.14. The van der Waals surface area contributed by atoms with E-state index in [1.54, 1.807) is 0 Å². The Kier molecular flexibility index (Phi) is 6.31. The minimum Gasteiger partial charge on any atom is -0.494 e. The Balaban J connectivity index is 1.69. The predicted molar refractivity (Wildman–Crippen MR) is 115 cm³/mol. The molecular formula is C22H25N3O2S. The van der Waals surface area contributed by atoms with Crippen molar-refractivity contribution in [2.24, 2.45) is 0 Å². The molecule has 1 aromatic heterocycles. The Morgan fingerprint density at radius 3 is 2.68 bits per heavy atom. The number of para-hydroxylation sites is 1. The van der Waals surface area contributed by atoms with Crippen LogP contribution in [0.1, 0.15) is 39.0 Å². The molecule has 0 saturated carbocycles. The first-order valence-electron chi connectivity index (χ1n) is 9.28. The molecule has 0 aliphatic carbocycles. The van der Waals surface area contributed by atoms with Crippen molar-refractivity contribution in [2.75, 3.05) is 11.9 Å². The van der Waals surface area contributed by atoms with Gasteiger partial charge < -0.3 is 15.4 Å². The van der Waals surface area contributed by atoms with E-state index in [0.717, 1.165) is 22.6 Å². The summed E-state index contributed by atoms with van der Waals surface area (Å²) in [6.07, 6.45) is 0. The van der Waals surface area contributed by atoms with Gasteiger partial charge >= 0.3 is 0 Å². The summed E-state index contributed by atoms with van der Waals surface area (Å²) in [7, 11) is 0. The summed E-state index contributed by atoms with van der Waals surface area (Å²) >= 11 is 1.36. The van der Waals surface area contributed by atoms with Crippen LogP contribution in [0.25, 0.3) is 0 Å². The molecule has 3 rings (SSSR count). The lowest BCUT2D eigenvalue weighted by Gasteiger charge is -2.10. The Labute approximate surface area is 169 Å². The van der Waals surface area contributed by atoms with Gasteiger partial charge in [0.15, 0.2) is 5.13 Å². The lowest BCUT2D eigenvalue weighted by Crippen LogP contribution is -2.23. The van der Waals surface area contributed by atoms with Crippen molar-refractivity contribution in [3.63, 3.8) is 0 Å². The molecule has 0 atom stereocenters. The van der Waals surface area contributed by atoms with Gasteiger partial charge in [0.25, 0.3) is 5.91 Å². The van der Waals surface area contributed by atoms with E-state index in [0.29, 0.717) is 28.9 Å². The topological polar surface area (TPSA) is 63.2 Å². The second kappa shape index (κ2) is 8.89. The molecule has 1 amide bonds. The molecule has 0 aliphatic heterocycles. The van der Waals surface area contributed by atoms with Crippen LogP contribution in [0.2, 0.25) is 0 Å². The number of nitrogens with one attached hydrogen (secondary N) is 2. The zero-order chi connectivity index (χ0) is 20.1. The number of amides is 1. The number of rotatable bonds is 7. The number of hydrogen-bond donors (Lipinski definition) is 2. The van der Waals surface area contributed by atoms with Crippen LogP contribution in [0, 0.1) is 20.8 Å². The van der Waals surface area contributed by atoms with Crippen LogP contribution in [0.3, 0.4) is 0 Å². The average Bonchev–Trinajstić information content (AvgIpc) is 3.04. The van der Waals surface area contributed by atoms with Crippen LogP contribution < -0.4 is 15.4 Å². The lowest BCUT2D eigenvalue weighted by molar-refractivity contribution is 0.0954. The van der Waals surface area contributed by atoms with E-state index in [9.17, 15) is 4.79 Å². The number of benzene rings is 2. The molecule has 0 spiro atoms. The first kappa shape index (κ1) is 19.9. The molecule has 146 valence electrons. The Bertz CT molecular complexity index is 982. The Morgan fingerprint density at radius 2 is 1.93 bits per heavy atom. The SMILES string of the molecule is CCOc1ccccc1CNC(=O)c1sc(Nc2ccc(C)cc2C)nc1C. The van der Waals surface area contributed by atoms with E-state index in [-0.39, 0.29) is 5.91 Å². The number of aryl methyl sites for hydroxylation is 3. The zero-order valence-electron chi connectivity index (χ0n) is 16.6. The number of ether oxygens (including phenoxy) is 1. The van der Waals surface area contributed by atoms with Gasteiger partial charge in [-0.25, -0.2) is 4.98 Å². The monoisotopic (exact) mass is 395 g/mol. The van der Waals surface area contributed by atoms with E-state index >= 15 is 0 Å². The maximum Gasteiger partial charge on any atom is 0.263 e. The van der Waals surface area contributed by atoms with Gasteiger partial charge in [-0.15, -0.1) is 0 Å². The molecule has 0 aliphatic rings. The minimum atomic E-state index is -0.130. The van der Waals surface area contributed by atoms with Crippen molar-refractivity contribution in [3.8, 4) is 5.75 Å². The number of aromatic nitrogens is 1. The van der Waals surface area contributed by atoms with Gasteiger partial charge in [0.05, 0.1) is 12.3 Å². The highest BCUT2D eigenvalue weighted by atomic mass is 32.1. The smallest absolute Gasteiger partial charge is 0.263 e. The zero-order valence-corrected chi connectivity index (χ0v) is 17.4. The summed E-state index contributed by atoms with van der Waals surface area (Å²) in [4.78, 5) is 17.8. The quantitative estimate of drug-likeness (QED) is 0.581. The summed E-state index contributed by atoms with van der Waals surface area (Å²) in [5, 5.41) is 7.01. The summed E-state index contributed by atoms with van der Waals surface area (Å²) in [6, 6.07) is 13.9. The number of carbonyl (C=O) groups is 1. The summed E-state index contributed by atoms with van der Waals surface area (Å²) in [5.41, 5.74) is 5.02. The second-order valence-corrected chi connectivity index (χ2v) is 7.60. The van der Waals surface area contributed by atoms with Gasteiger partial charge in [0.1, 0.15) is 10.6 Å². The summed E-state index contributed by atoms with van der Waals surface area (Å²) in [5.74, 6) is 0.665. The number of hydrogen-bond acceptors (Lipinski definition) is 5. The van der Waals surface area contributed by atoms with Crippen molar-refractivity contribution in [1.29, 1.82) is 0 Å². The van der Waals surface area contributed by atoms with E-state index < -0.39 is 0 Å². The van der Waals surface area contributed by atoms with E-state index in [2.05, 4.69) is 41.6 Å². The second-order valence-electron chi connectivity index (χ2n) is 6.60. The molecule has 3 aromatic rings. The highest BCUT2D eigenvalue weighted by Gasteiger charge is 2.16. The summed E-state index contributed by atoms with van der Waals surface area (Å²) in [6.45, 7) is 8.92. The molecule has 1 heterocycles. The van der Waals surface area contributed by atoms with Gasteiger partial charge in [-0.05, 0) is 45.4 Å². The van der Waals surface area contributed by atoms with Gasteiger partial charge in [-0.1, -0.05) is 47.2 Å². The minimum absolute atomic E-state index is 0.130. The molecule has 0 saturated heterocycles. The van der Waals surface area contributed by atoms with Crippen molar-refractivity contribution in [3.05, 3.63) is 69.7 Å². The Hall–Kier alpha value is -2.86. The van der Waals surface area contributed by atoms with Crippen LogP contribution in [-0.2, 0) is 6.54 Å². The van der Waals surface area contributed by atoms with Gasteiger partial charge in [-0.2, -0.15) is 0 Å². The maximum absolute atomic E-state index is 12.7. The molecule has 28 heavy (non-hydrogen) atoms. The standard InChI is InChI=1S/C22H25N3O2S/c1-5-27-19-9-7-6-8-17(19)13-23-21(26)20-16(4)24-22(28-20)25-18-11-10-14(2)12-15(18)3/h6-12H,5,13H2,1-4H3,(H,23,26)(H,24,25). The van der Waals surface area contributed by atoms with Gasteiger partial charge in [0, 0.05) is 17.8 Å². The van der Waals surface area contributed by atoms with E-state index in [1.165, 1.54) is 16.9 Å². The fourth-order valence-electron chi connectivity index (χ4n) is 2.93. The fourth-order valence-corrected chi connectivity index (χ4v) is 3.83. The highest BCUT2D eigenvalue weighted by Crippen LogP contribution is 2.28. The van der Waals surface area contributed by atoms with E-state index in [1.807, 2.05) is 44.2 Å². The average molecular weight is 396 g/mol. The third-order valence-electron chi connectivity index (χ3n) is 4.34. The molecule has 5 nitrogen and oxygen atoms in total. The van der Waals surface area contributed by atoms with E-state index in [4.69, 9.17) is 4.74 Å². The molecule has 0 fully saturated rings. The largest absolute Gasteiger partial charge is 0.494 e. The molecule has 2 N–H and O–H groups in total. The van der Waals surface area contributed by atoms with Crippen molar-refractivity contribution in [2.45, 2.75) is 34.2 Å². The van der Waals surface area contributed by atoms with Crippen LogP contribution in [0.4, 0.5) is 10.8 Å². The number of anilines is 2. The lowest BCUT2D eigenvalue weighted by atomic mass is 10.1. The molecule has 0 unspecified atom stereocenters. The van der Waals surface area contributed by atoms with Crippen LogP contribution >= 0.6 is 11.3 Å². The number of nitrogens with zero attached hydrogens (tertiary/aromatic N) is 1. The summed E-state index contributed by atoms with van der Waals surface area (Å²) < 4.78 is 5.62. The van der Waals surface area contributed by atoms with Crippen molar-refractivity contribution >= 4 is 28.1 Å². The van der Waals surface area contributed by atoms with Gasteiger partial charge in [-0.3, -0.25) is 4.79 Å². The van der Waals surface area contributed by atoms with Crippen LogP contribution in [0.5, 0.6) is 5.75 Å². The molecular weight excluding hydrogens is 370 g/mol.